The van der Waals surface area contributed by atoms with Crippen molar-refractivity contribution in [3.63, 3.8) is 0 Å². The molecule has 0 aliphatic rings. The normalized spacial score (nSPS) is 10.6. The molecular formula is C17H16N4O4S2. The highest BCUT2D eigenvalue weighted by Crippen LogP contribution is 2.27. The number of ether oxygens (including phenoxy) is 1. The number of thiazole rings is 1. The maximum Gasteiger partial charge on any atom is 0.255 e. The molecule has 1 amide bonds. The molecule has 140 valence electrons. The van der Waals surface area contributed by atoms with Crippen LogP contribution in [-0.4, -0.2) is 38.8 Å². The molecule has 0 atom stereocenters. The molecule has 1 aromatic carbocycles. The van der Waals surface area contributed by atoms with Crippen molar-refractivity contribution in [1.82, 2.24) is 15.0 Å². The van der Waals surface area contributed by atoms with Gasteiger partial charge in [0.2, 0.25) is 11.8 Å². The van der Waals surface area contributed by atoms with E-state index in [0.29, 0.717) is 10.9 Å². The average Bonchev–Trinajstić information content (AvgIpc) is 3.09. The lowest BCUT2D eigenvalue weighted by molar-refractivity contribution is -0.115. The number of thioether (sulfide) groups is 1. The van der Waals surface area contributed by atoms with Crippen molar-refractivity contribution in [2.75, 3.05) is 18.2 Å². The highest BCUT2D eigenvalue weighted by molar-refractivity contribution is 7.99. The van der Waals surface area contributed by atoms with Crippen LogP contribution in [0.25, 0.3) is 11.3 Å². The first-order valence-electron chi connectivity index (χ1n) is 7.86. The number of anilines is 1. The number of aromatic hydroxyl groups is 1. The Morgan fingerprint density at radius 2 is 2.22 bits per heavy atom. The second-order valence-electron chi connectivity index (χ2n) is 5.33. The highest BCUT2D eigenvalue weighted by Gasteiger charge is 2.10. The number of hydrogen-bond acceptors (Lipinski definition) is 8. The zero-order valence-corrected chi connectivity index (χ0v) is 15.9. The molecule has 0 radical (unpaired) electrons. The van der Waals surface area contributed by atoms with Gasteiger partial charge in [0.25, 0.3) is 5.56 Å². The molecule has 3 N–H and O–H groups in total. The second-order valence-corrected chi connectivity index (χ2v) is 7.27. The lowest BCUT2D eigenvalue weighted by Crippen LogP contribution is -2.12. The first-order valence-corrected chi connectivity index (χ1v) is 9.73. The number of aromatic nitrogens is 3. The van der Waals surface area contributed by atoms with Crippen LogP contribution in [-0.2, 0) is 4.79 Å². The van der Waals surface area contributed by atoms with Gasteiger partial charge in [-0.3, -0.25) is 9.59 Å². The van der Waals surface area contributed by atoms with Crippen molar-refractivity contribution in [3.05, 3.63) is 46.1 Å². The maximum atomic E-state index is 12.1. The van der Waals surface area contributed by atoms with Crippen molar-refractivity contribution < 1.29 is 14.6 Å². The van der Waals surface area contributed by atoms with Gasteiger partial charge in [-0.1, -0.05) is 23.9 Å². The van der Waals surface area contributed by atoms with E-state index in [9.17, 15) is 14.7 Å². The lowest BCUT2D eigenvalue weighted by Gasteiger charge is -2.03. The van der Waals surface area contributed by atoms with Gasteiger partial charge in [-0.25, -0.2) is 4.98 Å². The number of H-pyrrole nitrogens is 1. The number of rotatable bonds is 7. The summed E-state index contributed by atoms with van der Waals surface area (Å²) in [4.78, 5) is 34.0. The summed E-state index contributed by atoms with van der Waals surface area (Å²) in [6, 6.07) is 8.51. The van der Waals surface area contributed by atoms with Crippen LogP contribution in [0.5, 0.6) is 11.6 Å². The number of nitrogens with one attached hydrogen (secondary N) is 2. The SMILES string of the molecule is COc1cccc(-c2csc(NC(=O)CCSc3nc(O)cc(=O)[nH]3)n2)c1. The van der Waals surface area contributed by atoms with Gasteiger partial charge in [-0.05, 0) is 12.1 Å². The quantitative estimate of drug-likeness (QED) is 0.409. The molecule has 0 unspecified atom stereocenters. The van der Waals surface area contributed by atoms with Crippen LogP contribution in [0.1, 0.15) is 6.42 Å². The Labute approximate surface area is 162 Å². The number of methoxy groups -OCH3 is 1. The van der Waals surface area contributed by atoms with E-state index in [1.54, 1.807) is 7.11 Å². The fourth-order valence-electron chi connectivity index (χ4n) is 2.16. The lowest BCUT2D eigenvalue weighted by atomic mass is 10.2. The third kappa shape index (κ3) is 5.31. The van der Waals surface area contributed by atoms with Crippen LogP contribution in [0.2, 0.25) is 0 Å². The molecule has 3 aromatic rings. The van der Waals surface area contributed by atoms with Crippen LogP contribution in [0, 0.1) is 0 Å². The van der Waals surface area contributed by atoms with Crippen molar-refractivity contribution in [2.24, 2.45) is 0 Å². The monoisotopic (exact) mass is 404 g/mol. The van der Waals surface area contributed by atoms with Gasteiger partial charge < -0.3 is 20.1 Å². The smallest absolute Gasteiger partial charge is 0.255 e. The first-order chi connectivity index (χ1) is 13.0. The number of hydrogen-bond donors (Lipinski definition) is 3. The molecule has 0 aliphatic carbocycles. The molecule has 0 bridgehead atoms. The van der Waals surface area contributed by atoms with Crippen LogP contribution in [0.15, 0.2) is 45.7 Å². The van der Waals surface area contributed by atoms with E-state index < -0.39 is 5.56 Å². The predicted molar refractivity (Wildman–Crippen MR) is 105 cm³/mol. The molecule has 0 saturated heterocycles. The number of aromatic amines is 1. The van der Waals surface area contributed by atoms with E-state index in [0.717, 1.165) is 23.1 Å². The van der Waals surface area contributed by atoms with Crippen LogP contribution >= 0.6 is 23.1 Å². The summed E-state index contributed by atoms with van der Waals surface area (Å²) in [5, 5.41) is 14.7. The number of benzene rings is 1. The standard InChI is InChI=1S/C17H16N4O4S2/c1-25-11-4-2-3-10(7-11)12-9-27-16(18-12)19-13(22)5-6-26-17-20-14(23)8-15(24)21-17/h2-4,7-9H,5-6H2,1H3,(H,18,19,22)(H2,20,21,23,24). The molecule has 2 aromatic heterocycles. The molecule has 27 heavy (non-hydrogen) atoms. The summed E-state index contributed by atoms with van der Waals surface area (Å²) in [6.45, 7) is 0. The van der Waals surface area contributed by atoms with Crippen molar-refractivity contribution in [1.29, 1.82) is 0 Å². The summed E-state index contributed by atoms with van der Waals surface area (Å²) < 4.78 is 5.20. The Morgan fingerprint density at radius 1 is 1.37 bits per heavy atom. The average molecular weight is 404 g/mol. The fourth-order valence-corrected chi connectivity index (χ4v) is 3.71. The summed E-state index contributed by atoms with van der Waals surface area (Å²) in [6.07, 6.45) is 0.206. The Balaban J connectivity index is 1.54. The van der Waals surface area contributed by atoms with Crippen molar-refractivity contribution in [3.8, 4) is 22.9 Å². The third-order valence-electron chi connectivity index (χ3n) is 3.39. The van der Waals surface area contributed by atoms with Crippen LogP contribution < -0.4 is 15.6 Å². The maximum absolute atomic E-state index is 12.1. The van der Waals surface area contributed by atoms with Gasteiger partial charge in [0.1, 0.15) is 5.75 Å². The van der Waals surface area contributed by atoms with Gasteiger partial charge in [0, 0.05) is 23.1 Å². The Kier molecular flexibility index (Phi) is 6.09. The van der Waals surface area contributed by atoms with Gasteiger partial charge in [0.05, 0.1) is 18.9 Å². The molecule has 0 aliphatic heterocycles. The molecule has 0 saturated carbocycles. The van der Waals surface area contributed by atoms with E-state index in [-0.39, 0.29) is 23.4 Å². The van der Waals surface area contributed by atoms with Crippen molar-refractivity contribution >= 4 is 34.1 Å². The summed E-state index contributed by atoms with van der Waals surface area (Å²) in [7, 11) is 1.60. The van der Waals surface area contributed by atoms with E-state index in [1.807, 2.05) is 29.6 Å². The minimum Gasteiger partial charge on any atom is -0.497 e. The highest BCUT2D eigenvalue weighted by atomic mass is 32.2. The van der Waals surface area contributed by atoms with E-state index in [1.165, 1.54) is 23.1 Å². The first kappa shape index (κ1) is 18.9. The largest absolute Gasteiger partial charge is 0.497 e. The number of carbonyl (C=O) groups is 1. The zero-order chi connectivity index (χ0) is 19.2. The third-order valence-corrected chi connectivity index (χ3v) is 5.02. The molecule has 2 heterocycles. The molecule has 8 nitrogen and oxygen atoms in total. The second kappa shape index (κ2) is 8.69. The van der Waals surface area contributed by atoms with Crippen LogP contribution in [0.4, 0.5) is 5.13 Å². The van der Waals surface area contributed by atoms with Crippen LogP contribution in [0.3, 0.4) is 0 Å². The molecular weight excluding hydrogens is 388 g/mol. The van der Waals surface area contributed by atoms with Gasteiger partial charge in [-0.2, -0.15) is 4.98 Å². The molecule has 3 rings (SSSR count). The Morgan fingerprint density at radius 3 is 3.00 bits per heavy atom. The summed E-state index contributed by atoms with van der Waals surface area (Å²) in [5.74, 6) is 0.587. The number of carbonyl (C=O) groups excluding carboxylic acids is 1. The van der Waals surface area contributed by atoms with E-state index in [4.69, 9.17) is 4.74 Å². The van der Waals surface area contributed by atoms with Gasteiger partial charge in [-0.15, -0.1) is 11.3 Å². The minimum atomic E-state index is -0.442. The molecule has 0 spiro atoms. The number of nitrogens with zero attached hydrogens (tertiary/aromatic N) is 2. The Bertz CT molecular complexity index is 1000. The topological polar surface area (TPSA) is 117 Å². The van der Waals surface area contributed by atoms with E-state index >= 15 is 0 Å². The fraction of sp³-hybridized carbons (Fsp3) is 0.176. The van der Waals surface area contributed by atoms with E-state index in [2.05, 4.69) is 20.3 Å². The minimum absolute atomic E-state index is 0.198. The van der Waals surface area contributed by atoms with Gasteiger partial charge >= 0.3 is 0 Å². The summed E-state index contributed by atoms with van der Waals surface area (Å²) in [5.41, 5.74) is 1.22. The van der Waals surface area contributed by atoms with Crippen molar-refractivity contribution in [2.45, 2.75) is 11.6 Å². The Hall–Kier alpha value is -2.85. The molecule has 0 fully saturated rings. The zero-order valence-electron chi connectivity index (χ0n) is 14.3. The molecule has 10 heteroatoms. The number of amides is 1. The predicted octanol–water partition coefficient (Wildman–Crippen LogP) is 2.73. The summed E-state index contributed by atoms with van der Waals surface area (Å²) >= 11 is 2.51. The van der Waals surface area contributed by atoms with Gasteiger partial charge in [0.15, 0.2) is 10.3 Å².